The van der Waals surface area contributed by atoms with Crippen LogP contribution in [0.15, 0.2) is 36.0 Å². The number of ether oxygens (including phenoxy) is 8. The van der Waals surface area contributed by atoms with Crippen LogP contribution in [0, 0.1) is 47.3 Å². The summed E-state index contributed by atoms with van der Waals surface area (Å²) in [7, 11) is 7.22. The number of hydrogen-bond acceptors (Lipinski definition) is 12. The largest absolute Gasteiger partial charge is 0.462 e. The van der Waals surface area contributed by atoms with E-state index in [1.54, 1.807) is 20.3 Å². The zero-order valence-corrected chi connectivity index (χ0v) is 41.0. The molecule has 0 aliphatic carbocycles. The fraction of sp³-hybridized carbons (Fsp3) is 0.837. The predicted molar refractivity (Wildman–Crippen MR) is 241 cm³/mol. The first-order chi connectivity index (χ1) is 28.9. The molecule has 0 radical (unpaired) electrons. The number of ketones is 1. The van der Waals surface area contributed by atoms with E-state index in [0.29, 0.717) is 37.7 Å². The first-order valence-corrected chi connectivity index (χ1v) is 23.2. The van der Waals surface area contributed by atoms with Crippen LogP contribution >= 0.6 is 0 Å². The van der Waals surface area contributed by atoms with Crippen molar-refractivity contribution in [2.45, 2.75) is 177 Å². The molecular formula is C49H87NO11. The zero-order valence-electron chi connectivity index (χ0n) is 41.0. The normalized spacial score (nSPS) is 40.0. The summed E-state index contributed by atoms with van der Waals surface area (Å²) in [5.74, 6) is -1.37. The number of esters is 1. The van der Waals surface area contributed by atoms with Crippen molar-refractivity contribution in [3.63, 3.8) is 0 Å². The lowest BCUT2D eigenvalue weighted by Crippen LogP contribution is -2.60. The number of carbonyl (C=O) groups is 2. The number of likely N-dealkylation sites (N-methyl/N-ethyl adjacent to an activating group) is 1. The smallest absolute Gasteiger partial charge is 0.308 e. The molecule has 12 heteroatoms. The number of aliphatic hydroxyl groups excluding tert-OH is 1. The van der Waals surface area contributed by atoms with E-state index >= 15 is 0 Å². The average Bonchev–Trinajstić information content (AvgIpc) is 3.23. The zero-order chi connectivity index (χ0) is 46.1. The van der Waals surface area contributed by atoms with Gasteiger partial charge in [-0.3, -0.25) is 9.59 Å². The summed E-state index contributed by atoms with van der Waals surface area (Å²) >= 11 is 0. The number of nitrogens with zero attached hydrogens (tertiary/aromatic N) is 1. The van der Waals surface area contributed by atoms with Crippen molar-refractivity contribution in [3.05, 3.63) is 36.0 Å². The van der Waals surface area contributed by atoms with E-state index in [1.807, 2.05) is 93.8 Å². The highest BCUT2D eigenvalue weighted by atomic mass is 16.7. The first-order valence-electron chi connectivity index (χ1n) is 23.2. The van der Waals surface area contributed by atoms with Gasteiger partial charge in [0.15, 0.2) is 24.7 Å². The molecule has 3 rings (SSSR count). The van der Waals surface area contributed by atoms with Crippen molar-refractivity contribution in [1.82, 2.24) is 4.90 Å². The van der Waals surface area contributed by atoms with Crippen LogP contribution in [-0.2, 0) is 47.5 Å². The van der Waals surface area contributed by atoms with Crippen LogP contribution in [0.25, 0.3) is 0 Å². The maximum atomic E-state index is 13.9. The van der Waals surface area contributed by atoms with Crippen molar-refractivity contribution in [2.24, 2.45) is 47.3 Å². The number of hydrogen-bond donors (Lipinski definition) is 1. The standard InChI is InChI=1S/C47H81NO11.C2H6/c1-16-18-21-54-45-35(11)57-47(33(9)43(45)48(12)13)59-44-32(8)39(50)25-41(51)58-40(17-2)37(26-55-46-31(7)29(5)30(6)34(10)56-46)22-27(3)19-20-38(49)28(4)23-36(44)24-42(52-14)53-15;1-2/h16,18-20,22,28-37,39-40,42-47,50H,17,21,23-26H2,1-15H3;1-2H3/b18-16+,20-19+,27-22+;/t28-,29-,30+,31-,32+,33-,34-,35-,36-,37-,39-,40-,43-,44-,45-,46-,47+;/m1./s1. The minimum absolute atomic E-state index is 0.0364. The third kappa shape index (κ3) is 15.9. The van der Waals surface area contributed by atoms with E-state index in [2.05, 4.69) is 39.5 Å². The monoisotopic (exact) mass is 866 g/mol. The van der Waals surface area contributed by atoms with Gasteiger partial charge in [0, 0.05) is 56.3 Å². The van der Waals surface area contributed by atoms with Gasteiger partial charge in [0.1, 0.15) is 6.10 Å². The lowest BCUT2D eigenvalue weighted by molar-refractivity contribution is -0.294. The second-order valence-corrected chi connectivity index (χ2v) is 18.0. The van der Waals surface area contributed by atoms with Gasteiger partial charge in [0.2, 0.25) is 0 Å². The first kappa shape index (κ1) is 55.1. The number of methoxy groups -OCH3 is 2. The molecule has 3 heterocycles. The van der Waals surface area contributed by atoms with Crippen LogP contribution in [0.5, 0.6) is 0 Å². The van der Waals surface area contributed by atoms with Gasteiger partial charge in [0.25, 0.3) is 0 Å². The second kappa shape index (κ2) is 27.4. The molecule has 0 bridgehead atoms. The van der Waals surface area contributed by atoms with Gasteiger partial charge in [-0.25, -0.2) is 0 Å². The molecule has 0 unspecified atom stereocenters. The van der Waals surface area contributed by atoms with E-state index < -0.39 is 55.0 Å². The van der Waals surface area contributed by atoms with Crippen molar-refractivity contribution in [3.8, 4) is 0 Å². The Hall–Kier alpha value is -2.00. The maximum Gasteiger partial charge on any atom is 0.308 e. The molecule has 17 atom stereocenters. The Morgan fingerprint density at radius 1 is 0.852 bits per heavy atom. The molecule has 3 aliphatic rings. The maximum absolute atomic E-state index is 13.9. The highest BCUT2D eigenvalue weighted by Gasteiger charge is 2.47. The summed E-state index contributed by atoms with van der Waals surface area (Å²) in [6, 6.07) is -0.0485. The van der Waals surface area contributed by atoms with E-state index in [0.717, 1.165) is 5.57 Å². The third-order valence-corrected chi connectivity index (χ3v) is 13.5. The lowest BCUT2D eigenvalue weighted by atomic mass is 9.79. The Bertz CT molecular complexity index is 1370. The van der Waals surface area contributed by atoms with Crippen molar-refractivity contribution >= 4 is 11.8 Å². The van der Waals surface area contributed by atoms with Crippen LogP contribution in [0.1, 0.15) is 116 Å². The number of cyclic esters (lactones) is 1. The van der Waals surface area contributed by atoms with Gasteiger partial charge in [-0.15, -0.1) is 0 Å². The molecule has 2 saturated heterocycles. The van der Waals surface area contributed by atoms with Crippen LogP contribution in [0.4, 0.5) is 0 Å². The molecular weight excluding hydrogens is 779 g/mol. The molecule has 0 aromatic carbocycles. The number of rotatable bonds is 14. The van der Waals surface area contributed by atoms with E-state index in [4.69, 9.17) is 37.9 Å². The Morgan fingerprint density at radius 3 is 2.08 bits per heavy atom. The SMILES string of the molecule is C/C=C/CO[C@H]1[C@H](N(C)C)[C@@H](C)[C@H](O[C@H]2[C@@H](CC(OC)OC)C[C@@H](C)C(=O)/C=C/C(C)=C/[C@H](CO[C@@H]3O[C@H](C)[C@@H](C)[C@@H](C)[C@H]3C)[C@@H](CC)OC(=O)C[C@@H](O)[C@@H]2C)O[C@@H]1C.CC. The minimum atomic E-state index is -1.14. The Morgan fingerprint density at radius 2 is 1.49 bits per heavy atom. The molecule has 0 saturated carbocycles. The molecule has 12 nitrogen and oxygen atoms in total. The Balaban J connectivity index is 0.00000631. The molecule has 0 aromatic rings. The van der Waals surface area contributed by atoms with Crippen LogP contribution in [0.2, 0.25) is 0 Å². The van der Waals surface area contributed by atoms with Crippen LogP contribution in [0.3, 0.4) is 0 Å². The summed E-state index contributed by atoms with van der Waals surface area (Å²) in [5.41, 5.74) is 0.847. The third-order valence-electron chi connectivity index (χ3n) is 13.5. The summed E-state index contributed by atoms with van der Waals surface area (Å²) in [4.78, 5) is 29.9. The summed E-state index contributed by atoms with van der Waals surface area (Å²) in [5, 5.41) is 12.0. The van der Waals surface area contributed by atoms with E-state index in [1.165, 1.54) is 0 Å². The van der Waals surface area contributed by atoms with Gasteiger partial charge in [-0.1, -0.05) is 92.2 Å². The molecule has 2 fully saturated rings. The molecule has 3 aliphatic heterocycles. The predicted octanol–water partition coefficient (Wildman–Crippen LogP) is 8.40. The van der Waals surface area contributed by atoms with Crippen LogP contribution < -0.4 is 0 Å². The highest BCUT2D eigenvalue weighted by Crippen LogP contribution is 2.39. The van der Waals surface area contributed by atoms with E-state index in [-0.39, 0.29) is 66.8 Å². The lowest BCUT2D eigenvalue weighted by Gasteiger charge is -2.49. The molecule has 354 valence electrons. The van der Waals surface area contributed by atoms with Crippen molar-refractivity contribution < 1.29 is 52.6 Å². The van der Waals surface area contributed by atoms with Gasteiger partial charge in [-0.2, -0.15) is 0 Å². The Kier molecular flexibility index (Phi) is 24.7. The van der Waals surface area contributed by atoms with Crippen molar-refractivity contribution in [1.29, 1.82) is 0 Å². The Labute approximate surface area is 370 Å². The quantitative estimate of drug-likeness (QED) is 0.102. The number of aliphatic hydroxyl groups is 1. The highest BCUT2D eigenvalue weighted by molar-refractivity contribution is 5.91. The molecule has 0 spiro atoms. The summed E-state index contributed by atoms with van der Waals surface area (Å²) in [6.07, 6.45) is 5.95. The summed E-state index contributed by atoms with van der Waals surface area (Å²) < 4.78 is 50.4. The van der Waals surface area contributed by atoms with E-state index in [9.17, 15) is 14.7 Å². The summed E-state index contributed by atoms with van der Waals surface area (Å²) in [6.45, 7) is 27.2. The minimum Gasteiger partial charge on any atom is -0.462 e. The van der Waals surface area contributed by atoms with Crippen molar-refractivity contribution in [2.75, 3.05) is 41.5 Å². The second-order valence-electron chi connectivity index (χ2n) is 18.0. The molecule has 0 amide bonds. The molecule has 0 aromatic heterocycles. The molecule has 1 N–H and O–H groups in total. The fourth-order valence-electron chi connectivity index (χ4n) is 9.17. The number of allylic oxidation sites excluding steroid dienone is 4. The number of carbonyl (C=O) groups excluding carboxylic acids is 2. The van der Waals surface area contributed by atoms with Crippen LogP contribution in [-0.4, -0.2) is 125 Å². The topological polar surface area (TPSA) is 131 Å². The average molecular weight is 866 g/mol. The van der Waals surface area contributed by atoms with Gasteiger partial charge in [-0.05, 0) is 78.5 Å². The molecule has 61 heavy (non-hydrogen) atoms. The fourth-order valence-corrected chi connectivity index (χ4v) is 9.17. The van der Waals surface area contributed by atoms with Gasteiger partial charge < -0.3 is 47.9 Å². The van der Waals surface area contributed by atoms with Gasteiger partial charge in [0.05, 0.1) is 50.2 Å². The van der Waals surface area contributed by atoms with Gasteiger partial charge >= 0.3 is 5.97 Å².